The topological polar surface area (TPSA) is 75.2 Å². The van der Waals surface area contributed by atoms with Gasteiger partial charge in [-0.15, -0.1) is 0 Å². The summed E-state index contributed by atoms with van der Waals surface area (Å²) in [6, 6.07) is 0. The third-order valence-corrected chi connectivity index (χ3v) is 3.60. The number of likely N-dealkylation sites (tertiary alicyclic amines) is 1. The summed E-state index contributed by atoms with van der Waals surface area (Å²) in [4.78, 5) is 34.0. The van der Waals surface area contributed by atoms with Crippen LogP contribution in [0.15, 0.2) is 18.6 Å². The second-order valence-corrected chi connectivity index (χ2v) is 6.31. The maximum Gasteiger partial charge on any atom is 0.225 e. The van der Waals surface area contributed by atoms with Crippen molar-refractivity contribution in [2.75, 3.05) is 13.1 Å². The van der Waals surface area contributed by atoms with Crippen LogP contribution < -0.4 is 5.32 Å². The maximum atomic E-state index is 12.1. The molecule has 0 aromatic carbocycles. The van der Waals surface area contributed by atoms with E-state index in [1.807, 2.05) is 20.8 Å². The summed E-state index contributed by atoms with van der Waals surface area (Å²) in [5.74, 6) is -0.255. The van der Waals surface area contributed by atoms with Crippen LogP contribution in [-0.2, 0) is 16.0 Å². The van der Waals surface area contributed by atoms with Crippen molar-refractivity contribution in [1.82, 2.24) is 20.2 Å². The van der Waals surface area contributed by atoms with E-state index >= 15 is 0 Å². The summed E-state index contributed by atoms with van der Waals surface area (Å²) >= 11 is 0. The molecule has 6 heteroatoms. The van der Waals surface area contributed by atoms with Crippen LogP contribution in [0.2, 0.25) is 0 Å². The number of rotatable bonds is 4. The van der Waals surface area contributed by atoms with Gasteiger partial charge in [0.1, 0.15) is 0 Å². The van der Waals surface area contributed by atoms with Gasteiger partial charge in [0.2, 0.25) is 11.8 Å². The summed E-state index contributed by atoms with van der Waals surface area (Å²) in [5, 5.41) is 2.88. The van der Waals surface area contributed by atoms with Crippen molar-refractivity contribution in [1.29, 1.82) is 0 Å². The Balaban J connectivity index is 1.81. The fourth-order valence-electron chi connectivity index (χ4n) is 2.45. The second kappa shape index (κ2) is 6.20. The van der Waals surface area contributed by atoms with E-state index in [-0.39, 0.29) is 23.3 Å². The molecule has 2 heterocycles. The summed E-state index contributed by atoms with van der Waals surface area (Å²) in [6.45, 7) is 6.97. The fourth-order valence-corrected chi connectivity index (χ4v) is 2.45. The van der Waals surface area contributed by atoms with Gasteiger partial charge in [-0.3, -0.25) is 19.6 Å². The molecule has 2 amide bonds. The van der Waals surface area contributed by atoms with Gasteiger partial charge in [0.05, 0.1) is 11.6 Å². The molecule has 0 bridgehead atoms. The smallest absolute Gasteiger partial charge is 0.225 e. The van der Waals surface area contributed by atoms with Gasteiger partial charge in [0.15, 0.2) is 0 Å². The molecule has 1 aromatic heterocycles. The van der Waals surface area contributed by atoms with E-state index in [4.69, 9.17) is 0 Å². The molecule has 0 saturated carbocycles. The average molecular weight is 290 g/mol. The normalized spacial score (nSPS) is 18.9. The van der Waals surface area contributed by atoms with Gasteiger partial charge < -0.3 is 10.2 Å². The molecule has 0 unspecified atom stereocenters. The number of amides is 2. The lowest BCUT2D eigenvalue weighted by Gasteiger charge is -2.31. The molecular formula is C15H22N4O2. The van der Waals surface area contributed by atoms with E-state index < -0.39 is 0 Å². The number of hydrogen-bond donors (Lipinski definition) is 1. The van der Waals surface area contributed by atoms with E-state index in [9.17, 15) is 9.59 Å². The van der Waals surface area contributed by atoms with Crippen molar-refractivity contribution >= 4 is 11.8 Å². The minimum absolute atomic E-state index is 0.0524. The lowest BCUT2D eigenvalue weighted by atomic mass is 10.1. The standard InChI is InChI=1S/C15H22N4O2/c1-15(2,3)19-10-11(8-13(19)20)14(21)18-5-4-12-9-16-6-7-17-12/h6-7,9,11H,4-5,8,10H2,1-3H3,(H,18,21)/t11-/m1/s1. The largest absolute Gasteiger partial charge is 0.355 e. The van der Waals surface area contributed by atoms with Crippen LogP contribution in [0.5, 0.6) is 0 Å². The zero-order valence-electron chi connectivity index (χ0n) is 12.8. The van der Waals surface area contributed by atoms with Crippen molar-refractivity contribution in [3.8, 4) is 0 Å². The van der Waals surface area contributed by atoms with Gasteiger partial charge in [-0.2, -0.15) is 0 Å². The quantitative estimate of drug-likeness (QED) is 0.889. The first kappa shape index (κ1) is 15.4. The Kier molecular flexibility index (Phi) is 4.55. The van der Waals surface area contributed by atoms with Gasteiger partial charge in [0.25, 0.3) is 0 Å². The molecule has 1 fully saturated rings. The zero-order valence-corrected chi connectivity index (χ0v) is 12.8. The van der Waals surface area contributed by atoms with E-state index in [0.29, 0.717) is 25.9 Å². The molecule has 2 rings (SSSR count). The lowest BCUT2D eigenvalue weighted by Crippen LogP contribution is -2.43. The highest BCUT2D eigenvalue weighted by molar-refractivity contribution is 5.89. The highest BCUT2D eigenvalue weighted by Crippen LogP contribution is 2.25. The Labute approximate surface area is 125 Å². The summed E-state index contributed by atoms with van der Waals surface area (Å²) in [5.41, 5.74) is 0.614. The fraction of sp³-hybridized carbons (Fsp3) is 0.600. The van der Waals surface area contributed by atoms with Crippen molar-refractivity contribution in [2.45, 2.75) is 39.2 Å². The van der Waals surface area contributed by atoms with Gasteiger partial charge in [-0.25, -0.2) is 0 Å². The predicted octanol–water partition coefficient (Wildman–Crippen LogP) is 0.782. The van der Waals surface area contributed by atoms with E-state index in [0.717, 1.165) is 5.69 Å². The van der Waals surface area contributed by atoms with Crippen LogP contribution in [0.25, 0.3) is 0 Å². The number of nitrogens with zero attached hydrogens (tertiary/aromatic N) is 3. The molecule has 1 aliphatic rings. The summed E-state index contributed by atoms with van der Waals surface area (Å²) in [7, 11) is 0. The molecule has 1 aliphatic heterocycles. The third-order valence-electron chi connectivity index (χ3n) is 3.60. The molecule has 0 spiro atoms. The Morgan fingerprint density at radius 2 is 2.19 bits per heavy atom. The van der Waals surface area contributed by atoms with Crippen LogP contribution in [0.3, 0.4) is 0 Å². The molecular weight excluding hydrogens is 268 g/mol. The third kappa shape index (κ3) is 4.00. The number of carbonyl (C=O) groups excluding carboxylic acids is 2. The molecule has 1 saturated heterocycles. The highest BCUT2D eigenvalue weighted by atomic mass is 16.2. The number of hydrogen-bond acceptors (Lipinski definition) is 4. The predicted molar refractivity (Wildman–Crippen MR) is 78.3 cm³/mol. The van der Waals surface area contributed by atoms with Crippen LogP contribution >= 0.6 is 0 Å². The minimum Gasteiger partial charge on any atom is -0.355 e. The molecule has 1 aromatic rings. The first-order valence-corrected chi connectivity index (χ1v) is 7.21. The minimum atomic E-state index is -0.251. The number of aromatic nitrogens is 2. The summed E-state index contributed by atoms with van der Waals surface area (Å²) in [6.07, 6.45) is 5.88. The van der Waals surface area contributed by atoms with Gasteiger partial charge in [0, 0.05) is 50.1 Å². The summed E-state index contributed by atoms with van der Waals surface area (Å²) < 4.78 is 0. The zero-order chi connectivity index (χ0) is 15.5. The molecule has 0 aliphatic carbocycles. The van der Waals surface area contributed by atoms with E-state index in [2.05, 4.69) is 15.3 Å². The first-order valence-electron chi connectivity index (χ1n) is 7.21. The molecule has 21 heavy (non-hydrogen) atoms. The number of carbonyl (C=O) groups is 2. The molecule has 0 radical (unpaired) electrons. The lowest BCUT2D eigenvalue weighted by molar-refractivity contribution is -0.132. The first-order chi connectivity index (χ1) is 9.88. The Morgan fingerprint density at radius 3 is 2.76 bits per heavy atom. The SMILES string of the molecule is CC(C)(C)N1C[C@H](C(=O)NCCc2cnccn2)CC1=O. The van der Waals surface area contributed by atoms with Crippen molar-refractivity contribution < 1.29 is 9.59 Å². The van der Waals surface area contributed by atoms with Gasteiger partial charge >= 0.3 is 0 Å². The van der Waals surface area contributed by atoms with E-state index in [1.54, 1.807) is 23.5 Å². The van der Waals surface area contributed by atoms with Gasteiger partial charge in [-0.1, -0.05) is 0 Å². The van der Waals surface area contributed by atoms with Crippen LogP contribution in [-0.4, -0.2) is 45.3 Å². The van der Waals surface area contributed by atoms with Crippen molar-refractivity contribution in [2.24, 2.45) is 5.92 Å². The van der Waals surface area contributed by atoms with E-state index in [1.165, 1.54) is 0 Å². The Hall–Kier alpha value is -1.98. The highest BCUT2D eigenvalue weighted by Gasteiger charge is 2.39. The van der Waals surface area contributed by atoms with Crippen LogP contribution in [0.1, 0.15) is 32.9 Å². The van der Waals surface area contributed by atoms with Crippen LogP contribution in [0.4, 0.5) is 0 Å². The number of nitrogens with one attached hydrogen (secondary N) is 1. The second-order valence-electron chi connectivity index (χ2n) is 6.31. The van der Waals surface area contributed by atoms with Crippen LogP contribution in [0, 0.1) is 5.92 Å². The van der Waals surface area contributed by atoms with Crippen molar-refractivity contribution in [3.05, 3.63) is 24.3 Å². The molecule has 1 atom stereocenters. The molecule has 114 valence electrons. The van der Waals surface area contributed by atoms with Gasteiger partial charge in [-0.05, 0) is 20.8 Å². The maximum absolute atomic E-state index is 12.1. The Morgan fingerprint density at radius 1 is 1.43 bits per heavy atom. The average Bonchev–Trinajstić information content (AvgIpc) is 2.82. The monoisotopic (exact) mass is 290 g/mol. The Bertz CT molecular complexity index is 510. The van der Waals surface area contributed by atoms with Crippen molar-refractivity contribution in [3.63, 3.8) is 0 Å². The molecule has 6 nitrogen and oxygen atoms in total. The molecule has 1 N–H and O–H groups in total.